The molecule has 3 aromatic carbocycles. The summed E-state index contributed by atoms with van der Waals surface area (Å²) in [5.41, 5.74) is 0.0965. The van der Waals surface area contributed by atoms with Gasteiger partial charge in [-0.2, -0.15) is 0 Å². The summed E-state index contributed by atoms with van der Waals surface area (Å²) >= 11 is 6.94. The third-order valence-corrected chi connectivity index (χ3v) is 6.49. The number of benzene rings is 3. The van der Waals surface area contributed by atoms with Crippen molar-refractivity contribution in [3.63, 3.8) is 0 Å². The predicted octanol–water partition coefficient (Wildman–Crippen LogP) is 6.19. The van der Waals surface area contributed by atoms with Gasteiger partial charge < -0.3 is 9.47 Å². The Labute approximate surface area is 218 Å². The second kappa shape index (κ2) is 10.7. The molecule has 188 valence electrons. The van der Waals surface area contributed by atoms with Gasteiger partial charge >= 0.3 is 5.69 Å². The zero-order chi connectivity index (χ0) is 26.7. The average molecular weight is 542 g/mol. The van der Waals surface area contributed by atoms with E-state index in [1.54, 1.807) is 30.3 Å². The quantitative estimate of drug-likeness (QED) is 0.185. The maximum Gasteiger partial charge on any atom is 0.318 e. The smallest absolute Gasteiger partial charge is 0.318 e. The van der Waals surface area contributed by atoms with E-state index in [0.29, 0.717) is 16.1 Å². The van der Waals surface area contributed by atoms with Crippen molar-refractivity contribution in [3.05, 3.63) is 102 Å². The summed E-state index contributed by atoms with van der Waals surface area (Å²) in [6.07, 6.45) is 1.51. The van der Waals surface area contributed by atoms with Gasteiger partial charge in [-0.05, 0) is 53.2 Å². The van der Waals surface area contributed by atoms with Crippen LogP contribution in [-0.2, 0) is 11.3 Å². The normalized spacial score (nSPS) is 14.2. The van der Waals surface area contributed by atoms with Gasteiger partial charge in [0.05, 0.1) is 34.5 Å². The molecule has 0 saturated carbocycles. The number of nitrogens with zero attached hydrogens (tertiary/aromatic N) is 3. The van der Waals surface area contributed by atoms with Crippen LogP contribution in [-0.4, -0.2) is 33.0 Å². The lowest BCUT2D eigenvalue weighted by Gasteiger charge is -2.13. The Kier molecular flexibility index (Phi) is 7.41. The summed E-state index contributed by atoms with van der Waals surface area (Å²) in [7, 11) is 1.35. The number of hydrogen-bond donors (Lipinski definition) is 0. The van der Waals surface area contributed by atoms with E-state index >= 15 is 0 Å². The summed E-state index contributed by atoms with van der Waals surface area (Å²) in [6, 6.07) is 14.5. The Hall–Kier alpha value is -4.42. The zero-order valence-corrected chi connectivity index (χ0v) is 20.5. The van der Waals surface area contributed by atoms with Crippen LogP contribution in [0.2, 0.25) is 5.02 Å². The molecule has 0 radical (unpaired) electrons. The molecule has 2 amide bonds. The predicted molar refractivity (Wildman–Crippen MR) is 136 cm³/mol. The second-order valence-corrected chi connectivity index (χ2v) is 8.94. The van der Waals surface area contributed by atoms with E-state index in [1.807, 2.05) is 0 Å². The van der Waals surface area contributed by atoms with Gasteiger partial charge in [-0.25, -0.2) is 0 Å². The number of carbonyl (C=O) groups is 2. The third-order valence-electron chi connectivity index (χ3n) is 5.22. The number of methoxy groups -OCH3 is 1. The van der Waals surface area contributed by atoms with Crippen LogP contribution in [0.5, 0.6) is 17.2 Å². The molecule has 0 aromatic heterocycles. The summed E-state index contributed by atoms with van der Waals surface area (Å²) in [5, 5.41) is 22.4. The molecule has 1 aliphatic heterocycles. The third kappa shape index (κ3) is 5.55. The maximum atomic E-state index is 12.9. The molecule has 3 aromatic rings. The van der Waals surface area contributed by atoms with Crippen LogP contribution in [0.1, 0.15) is 11.1 Å². The number of ether oxygens (including phenoxy) is 2. The minimum atomic E-state index is -0.790. The number of nitro benzene ring substituents is 2. The van der Waals surface area contributed by atoms with Crippen LogP contribution in [0.4, 0.5) is 16.2 Å². The number of carbonyl (C=O) groups excluding carboxylic acids is 2. The molecule has 0 aliphatic carbocycles. The van der Waals surface area contributed by atoms with Gasteiger partial charge in [0, 0.05) is 11.1 Å². The van der Waals surface area contributed by atoms with Gasteiger partial charge in [0.2, 0.25) is 5.75 Å². The number of halogens is 1. The highest BCUT2D eigenvalue weighted by Gasteiger charge is 2.35. The van der Waals surface area contributed by atoms with Gasteiger partial charge in [0.15, 0.2) is 11.5 Å². The number of thioether (sulfide) groups is 1. The number of non-ortho nitro benzene ring substituents is 1. The molecule has 0 unspecified atom stereocenters. The summed E-state index contributed by atoms with van der Waals surface area (Å²) in [5.74, 6) is -0.418. The van der Waals surface area contributed by atoms with Gasteiger partial charge in [0.25, 0.3) is 16.8 Å². The summed E-state index contributed by atoms with van der Waals surface area (Å²) in [4.78, 5) is 47.5. The number of hydrogen-bond acceptors (Lipinski definition) is 9. The van der Waals surface area contributed by atoms with Crippen molar-refractivity contribution in [3.8, 4) is 17.2 Å². The van der Waals surface area contributed by atoms with E-state index in [0.717, 1.165) is 34.9 Å². The molecule has 37 heavy (non-hydrogen) atoms. The minimum Gasteiger partial charge on any atom is -0.493 e. The van der Waals surface area contributed by atoms with Crippen molar-refractivity contribution < 1.29 is 28.9 Å². The zero-order valence-electron chi connectivity index (χ0n) is 19.0. The lowest BCUT2D eigenvalue weighted by atomic mass is 10.1. The van der Waals surface area contributed by atoms with Crippen molar-refractivity contribution >= 4 is 52.0 Å². The first-order chi connectivity index (χ1) is 17.7. The fourth-order valence-corrected chi connectivity index (χ4v) is 4.44. The number of nitro groups is 2. The van der Waals surface area contributed by atoms with Crippen LogP contribution < -0.4 is 9.47 Å². The van der Waals surface area contributed by atoms with Crippen molar-refractivity contribution in [2.24, 2.45) is 0 Å². The molecule has 11 nitrogen and oxygen atoms in total. The van der Waals surface area contributed by atoms with Gasteiger partial charge in [-0.15, -0.1) is 0 Å². The van der Waals surface area contributed by atoms with Crippen LogP contribution >= 0.6 is 23.4 Å². The SMILES string of the molecule is COc1cc(/C=C2/SC(=O)N(Cc3ccccc3Cl)C2=O)ccc1Oc1ccc([N+](=O)[O-])cc1[N+](=O)[O-]. The molecule has 4 rings (SSSR count). The molecule has 1 saturated heterocycles. The summed E-state index contributed by atoms with van der Waals surface area (Å²) < 4.78 is 11.0. The number of imide groups is 1. The highest BCUT2D eigenvalue weighted by molar-refractivity contribution is 8.18. The van der Waals surface area contributed by atoms with Crippen LogP contribution in [0.3, 0.4) is 0 Å². The van der Waals surface area contributed by atoms with E-state index in [9.17, 15) is 29.8 Å². The van der Waals surface area contributed by atoms with Gasteiger partial charge in [0.1, 0.15) is 0 Å². The van der Waals surface area contributed by atoms with Crippen LogP contribution in [0, 0.1) is 20.2 Å². The number of amides is 2. The monoisotopic (exact) mass is 541 g/mol. The topological polar surface area (TPSA) is 142 Å². The Bertz CT molecular complexity index is 1480. The second-order valence-electron chi connectivity index (χ2n) is 7.54. The van der Waals surface area contributed by atoms with Crippen molar-refractivity contribution in [2.75, 3.05) is 7.11 Å². The van der Waals surface area contributed by atoms with E-state index in [2.05, 4.69) is 0 Å². The number of rotatable bonds is 8. The van der Waals surface area contributed by atoms with Crippen molar-refractivity contribution in [1.29, 1.82) is 0 Å². The Morgan fingerprint density at radius 1 is 0.973 bits per heavy atom. The molecular weight excluding hydrogens is 526 g/mol. The lowest BCUT2D eigenvalue weighted by Crippen LogP contribution is -2.27. The fraction of sp³-hybridized carbons (Fsp3) is 0.0833. The highest BCUT2D eigenvalue weighted by atomic mass is 35.5. The van der Waals surface area contributed by atoms with Crippen molar-refractivity contribution in [1.82, 2.24) is 4.90 Å². The average Bonchev–Trinajstić information content (AvgIpc) is 3.13. The van der Waals surface area contributed by atoms with Gasteiger partial charge in [-0.1, -0.05) is 35.9 Å². The first kappa shape index (κ1) is 25.7. The van der Waals surface area contributed by atoms with Crippen LogP contribution in [0.15, 0.2) is 65.6 Å². The van der Waals surface area contributed by atoms with E-state index in [4.69, 9.17) is 21.1 Å². The lowest BCUT2D eigenvalue weighted by molar-refractivity contribution is -0.394. The van der Waals surface area contributed by atoms with Gasteiger partial charge in [-0.3, -0.25) is 34.7 Å². The minimum absolute atomic E-state index is 0.0335. The Morgan fingerprint density at radius 3 is 2.38 bits per heavy atom. The van der Waals surface area contributed by atoms with E-state index in [1.165, 1.54) is 25.3 Å². The Morgan fingerprint density at radius 2 is 1.70 bits per heavy atom. The molecule has 0 bridgehead atoms. The molecular formula is C24H16ClN3O8S. The van der Waals surface area contributed by atoms with E-state index < -0.39 is 32.4 Å². The van der Waals surface area contributed by atoms with E-state index in [-0.39, 0.29) is 28.7 Å². The standard InChI is InChI=1S/C24H16ClN3O8S/c1-35-21-10-14(6-8-20(21)36-19-9-7-16(27(31)32)12-18(19)28(33)34)11-22-23(29)26(24(30)37-22)13-15-4-2-3-5-17(15)25/h2-12H,13H2,1H3/b22-11+. The Balaban J connectivity index is 1.58. The highest BCUT2D eigenvalue weighted by Crippen LogP contribution is 2.40. The molecule has 1 fully saturated rings. The molecule has 0 spiro atoms. The molecule has 1 heterocycles. The summed E-state index contributed by atoms with van der Waals surface area (Å²) in [6.45, 7) is 0.0335. The molecule has 1 aliphatic rings. The maximum absolute atomic E-state index is 12.9. The largest absolute Gasteiger partial charge is 0.493 e. The molecule has 13 heteroatoms. The van der Waals surface area contributed by atoms with Crippen LogP contribution in [0.25, 0.3) is 6.08 Å². The first-order valence-corrected chi connectivity index (χ1v) is 11.6. The molecule has 0 N–H and O–H groups in total. The first-order valence-electron chi connectivity index (χ1n) is 10.5. The van der Waals surface area contributed by atoms with Crippen molar-refractivity contribution in [2.45, 2.75) is 6.54 Å². The fourth-order valence-electron chi connectivity index (χ4n) is 3.41. The molecule has 0 atom stereocenters.